The van der Waals surface area contributed by atoms with Gasteiger partial charge in [-0.1, -0.05) is 15.9 Å². The molecule has 2 heterocycles. The van der Waals surface area contributed by atoms with Gasteiger partial charge in [0.1, 0.15) is 5.75 Å². The van der Waals surface area contributed by atoms with Gasteiger partial charge in [-0.05, 0) is 54.4 Å². The molecule has 6 nitrogen and oxygen atoms in total. The van der Waals surface area contributed by atoms with Crippen LogP contribution in [-0.2, 0) is 16.0 Å². The summed E-state index contributed by atoms with van der Waals surface area (Å²) in [5.41, 5.74) is 2.91. The van der Waals surface area contributed by atoms with E-state index >= 15 is 0 Å². The van der Waals surface area contributed by atoms with Gasteiger partial charge in [0.2, 0.25) is 11.8 Å². The average Bonchev–Trinajstić information content (AvgIpc) is 3.30. The number of nitrogens with zero attached hydrogens (tertiary/aromatic N) is 1. The average molecular weight is 456 g/mol. The molecular formula is C22H22BrN3O3. The number of carbonyl (C=O) groups is 2. The number of nitrogens with one attached hydrogen (secondary N) is 2. The van der Waals surface area contributed by atoms with Crippen LogP contribution in [0.2, 0.25) is 0 Å². The van der Waals surface area contributed by atoms with Crippen LogP contribution in [0.3, 0.4) is 0 Å². The first kappa shape index (κ1) is 19.5. The van der Waals surface area contributed by atoms with Crippen molar-refractivity contribution in [3.63, 3.8) is 0 Å². The van der Waals surface area contributed by atoms with Crippen LogP contribution in [0.5, 0.6) is 5.75 Å². The molecule has 29 heavy (non-hydrogen) atoms. The van der Waals surface area contributed by atoms with Crippen molar-refractivity contribution in [2.75, 3.05) is 25.5 Å². The number of aromatic nitrogens is 1. The summed E-state index contributed by atoms with van der Waals surface area (Å²) in [7, 11) is 1.65. The Morgan fingerprint density at radius 1 is 1.28 bits per heavy atom. The van der Waals surface area contributed by atoms with Gasteiger partial charge in [0.05, 0.1) is 13.0 Å². The minimum Gasteiger partial charge on any atom is -0.497 e. The van der Waals surface area contributed by atoms with Crippen LogP contribution >= 0.6 is 15.9 Å². The van der Waals surface area contributed by atoms with Gasteiger partial charge in [-0.3, -0.25) is 9.59 Å². The summed E-state index contributed by atoms with van der Waals surface area (Å²) < 4.78 is 6.26. The normalized spacial score (nSPS) is 16.4. The number of amides is 2. The van der Waals surface area contributed by atoms with Crippen molar-refractivity contribution in [1.29, 1.82) is 0 Å². The highest BCUT2D eigenvalue weighted by Gasteiger charge is 2.34. The highest BCUT2D eigenvalue weighted by molar-refractivity contribution is 9.10. The molecule has 0 bridgehead atoms. The van der Waals surface area contributed by atoms with Crippen molar-refractivity contribution in [2.45, 2.75) is 12.8 Å². The number of rotatable bonds is 6. The molecule has 1 aromatic heterocycles. The molecule has 0 unspecified atom stereocenters. The zero-order valence-electron chi connectivity index (χ0n) is 16.1. The lowest BCUT2D eigenvalue weighted by Gasteiger charge is -2.16. The summed E-state index contributed by atoms with van der Waals surface area (Å²) in [6, 6.07) is 13.3. The molecule has 1 aliphatic rings. The molecule has 2 N–H and O–H groups in total. The van der Waals surface area contributed by atoms with Crippen molar-refractivity contribution in [2.24, 2.45) is 5.92 Å². The standard InChI is InChI=1S/C22H22BrN3O3/c1-29-18-6-7-20-19(11-18)14(12-24-20)8-9-26-13-15(10-21(26)27)22(28)25-17-4-2-16(23)3-5-17/h2-7,11-12,15,24H,8-10,13H2,1H3,(H,25,28)/t15-/m0/s1. The summed E-state index contributed by atoms with van der Waals surface area (Å²) in [6.45, 7) is 1.04. The number of fused-ring (bicyclic) bond motifs is 1. The topological polar surface area (TPSA) is 74.4 Å². The van der Waals surface area contributed by atoms with Crippen LogP contribution in [0.25, 0.3) is 10.9 Å². The summed E-state index contributed by atoms with van der Waals surface area (Å²) in [5.74, 6) is 0.396. The second-order valence-electron chi connectivity index (χ2n) is 7.21. The lowest BCUT2D eigenvalue weighted by atomic mass is 10.1. The Kier molecular flexibility index (Phi) is 5.58. The summed E-state index contributed by atoms with van der Waals surface area (Å²) in [6.07, 6.45) is 2.95. The van der Waals surface area contributed by atoms with Gasteiger partial charge in [0, 0.05) is 46.8 Å². The lowest BCUT2D eigenvalue weighted by molar-refractivity contribution is -0.128. The fourth-order valence-electron chi connectivity index (χ4n) is 3.69. The minimum atomic E-state index is -0.325. The maximum atomic E-state index is 12.5. The Balaban J connectivity index is 1.37. The SMILES string of the molecule is COc1ccc2[nH]cc(CCN3C[C@@H](C(=O)Nc4ccc(Br)cc4)CC3=O)c2c1. The molecule has 0 saturated carbocycles. The van der Waals surface area contributed by atoms with Crippen molar-refractivity contribution in [1.82, 2.24) is 9.88 Å². The zero-order chi connectivity index (χ0) is 20.4. The number of anilines is 1. The summed E-state index contributed by atoms with van der Waals surface area (Å²) in [4.78, 5) is 30.0. The Labute approximate surface area is 177 Å². The number of halogens is 1. The van der Waals surface area contributed by atoms with Crippen molar-refractivity contribution >= 4 is 44.3 Å². The number of benzene rings is 2. The van der Waals surface area contributed by atoms with E-state index in [2.05, 4.69) is 26.2 Å². The highest BCUT2D eigenvalue weighted by atomic mass is 79.9. The van der Waals surface area contributed by atoms with Gasteiger partial charge < -0.3 is 19.9 Å². The van der Waals surface area contributed by atoms with Gasteiger partial charge in [0.15, 0.2) is 0 Å². The molecule has 1 aliphatic heterocycles. The predicted molar refractivity (Wildman–Crippen MR) is 116 cm³/mol. The molecule has 2 aromatic carbocycles. The molecular weight excluding hydrogens is 434 g/mol. The zero-order valence-corrected chi connectivity index (χ0v) is 17.7. The third-order valence-corrected chi connectivity index (χ3v) is 5.85. The fourth-order valence-corrected chi connectivity index (χ4v) is 3.95. The molecule has 1 atom stereocenters. The van der Waals surface area contributed by atoms with E-state index in [0.29, 0.717) is 13.1 Å². The molecule has 1 fully saturated rings. The maximum absolute atomic E-state index is 12.5. The molecule has 0 radical (unpaired) electrons. The molecule has 150 valence electrons. The summed E-state index contributed by atoms with van der Waals surface area (Å²) >= 11 is 3.38. The van der Waals surface area contributed by atoms with E-state index in [9.17, 15) is 9.59 Å². The van der Waals surface area contributed by atoms with Crippen molar-refractivity contribution in [3.05, 3.63) is 58.7 Å². The Morgan fingerprint density at radius 2 is 2.07 bits per heavy atom. The van der Waals surface area contributed by atoms with E-state index < -0.39 is 0 Å². The Morgan fingerprint density at radius 3 is 2.83 bits per heavy atom. The smallest absolute Gasteiger partial charge is 0.229 e. The Hall–Kier alpha value is -2.80. The molecule has 3 aromatic rings. The molecule has 7 heteroatoms. The largest absolute Gasteiger partial charge is 0.497 e. The van der Waals surface area contributed by atoms with Gasteiger partial charge in [-0.15, -0.1) is 0 Å². The number of likely N-dealkylation sites (tertiary alicyclic amines) is 1. The van der Waals surface area contributed by atoms with Crippen LogP contribution in [0.4, 0.5) is 5.69 Å². The lowest BCUT2D eigenvalue weighted by Crippen LogP contribution is -2.30. The van der Waals surface area contributed by atoms with Crippen LogP contribution in [-0.4, -0.2) is 41.9 Å². The van der Waals surface area contributed by atoms with E-state index in [0.717, 1.165) is 38.8 Å². The van der Waals surface area contributed by atoms with E-state index in [4.69, 9.17) is 4.74 Å². The maximum Gasteiger partial charge on any atom is 0.229 e. The molecule has 2 amide bonds. The molecule has 4 rings (SSSR count). The number of ether oxygens (including phenoxy) is 1. The first-order chi connectivity index (χ1) is 14.0. The van der Waals surface area contributed by atoms with E-state index in [1.54, 1.807) is 12.0 Å². The highest BCUT2D eigenvalue weighted by Crippen LogP contribution is 2.25. The van der Waals surface area contributed by atoms with E-state index in [1.807, 2.05) is 48.7 Å². The second-order valence-corrected chi connectivity index (χ2v) is 8.13. The second kappa shape index (κ2) is 8.29. The van der Waals surface area contributed by atoms with Crippen molar-refractivity contribution < 1.29 is 14.3 Å². The third kappa shape index (κ3) is 4.29. The minimum absolute atomic E-state index is 0.0263. The molecule has 0 aliphatic carbocycles. The number of hydrogen-bond donors (Lipinski definition) is 2. The molecule has 1 saturated heterocycles. The predicted octanol–water partition coefficient (Wildman–Crippen LogP) is 3.97. The monoisotopic (exact) mass is 455 g/mol. The van der Waals surface area contributed by atoms with Gasteiger partial charge in [-0.2, -0.15) is 0 Å². The van der Waals surface area contributed by atoms with Crippen LogP contribution < -0.4 is 10.1 Å². The first-order valence-electron chi connectivity index (χ1n) is 9.51. The number of H-pyrrole nitrogens is 1. The first-order valence-corrected chi connectivity index (χ1v) is 10.3. The van der Waals surface area contributed by atoms with Crippen LogP contribution in [0, 0.1) is 5.92 Å². The number of hydrogen-bond acceptors (Lipinski definition) is 3. The third-order valence-electron chi connectivity index (χ3n) is 5.32. The van der Waals surface area contributed by atoms with E-state index in [1.165, 1.54) is 0 Å². The fraction of sp³-hybridized carbons (Fsp3) is 0.273. The number of carbonyl (C=O) groups excluding carboxylic acids is 2. The number of methoxy groups -OCH3 is 1. The van der Waals surface area contributed by atoms with Crippen LogP contribution in [0.1, 0.15) is 12.0 Å². The quantitative estimate of drug-likeness (QED) is 0.590. The van der Waals surface area contributed by atoms with Crippen molar-refractivity contribution in [3.8, 4) is 5.75 Å². The Bertz CT molecular complexity index is 1050. The van der Waals surface area contributed by atoms with Gasteiger partial charge in [0.25, 0.3) is 0 Å². The van der Waals surface area contributed by atoms with Gasteiger partial charge in [-0.25, -0.2) is 0 Å². The van der Waals surface area contributed by atoms with E-state index in [-0.39, 0.29) is 24.2 Å². The molecule has 0 spiro atoms. The van der Waals surface area contributed by atoms with Crippen LogP contribution in [0.15, 0.2) is 53.1 Å². The summed E-state index contributed by atoms with van der Waals surface area (Å²) in [5, 5.41) is 4.00. The van der Waals surface area contributed by atoms with Gasteiger partial charge >= 0.3 is 0 Å². The number of aromatic amines is 1.